The van der Waals surface area contributed by atoms with E-state index in [1.54, 1.807) is 0 Å². The van der Waals surface area contributed by atoms with Crippen molar-refractivity contribution in [2.24, 2.45) is 0 Å². The Morgan fingerprint density at radius 3 is 1.26 bits per heavy atom. The van der Waals surface area contributed by atoms with Gasteiger partial charge in [-0.2, -0.15) is 18.2 Å². The van der Waals surface area contributed by atoms with E-state index in [9.17, 15) is 0 Å². The van der Waals surface area contributed by atoms with E-state index in [4.69, 9.17) is 0 Å². The second kappa shape index (κ2) is 14.4. The first kappa shape index (κ1) is 33.2. The number of hydrogen-bond acceptors (Lipinski definition) is 0. The zero-order chi connectivity index (χ0) is 30.5. The summed E-state index contributed by atoms with van der Waals surface area (Å²) in [6, 6.07) is 43.6. The van der Waals surface area contributed by atoms with Crippen LogP contribution in [0.3, 0.4) is 0 Å². The molecule has 3 heteroatoms. The fraction of sp³-hybridized carbons (Fsp3) is 0.205. The quantitative estimate of drug-likeness (QED) is 0.120. The van der Waals surface area contributed by atoms with Crippen LogP contribution in [0.4, 0.5) is 0 Å². The molecule has 6 aromatic rings. The molecule has 6 rings (SSSR count). The second-order valence-electron chi connectivity index (χ2n) is 12.6. The van der Waals surface area contributed by atoms with E-state index in [1.165, 1.54) is 78.4 Å². The number of rotatable bonds is 2. The summed E-state index contributed by atoms with van der Waals surface area (Å²) in [6.45, 7) is 13.6. The summed E-state index contributed by atoms with van der Waals surface area (Å²) in [5, 5.41) is 5.48. The fourth-order valence-corrected chi connectivity index (χ4v) is 6.21. The van der Waals surface area contributed by atoms with Crippen molar-refractivity contribution < 1.29 is 24.2 Å². The summed E-state index contributed by atoms with van der Waals surface area (Å²) >= 11 is 6.13. The molecule has 212 valence electrons. The van der Waals surface area contributed by atoms with Crippen molar-refractivity contribution in [2.45, 2.75) is 52.4 Å². The number of benzene rings is 4. The van der Waals surface area contributed by atoms with E-state index in [1.807, 2.05) is 30.3 Å². The predicted molar refractivity (Wildman–Crippen MR) is 198 cm³/mol. The third-order valence-electron chi connectivity index (χ3n) is 7.26. The molecule has 42 heavy (non-hydrogen) atoms. The Bertz CT molecular complexity index is 1610. The third kappa shape index (κ3) is 8.92. The van der Waals surface area contributed by atoms with Gasteiger partial charge in [0.2, 0.25) is 0 Å². The average Bonchev–Trinajstić information content (AvgIpc) is 3.64. The molecule has 0 N–H and O–H groups in total. The number of hydrogen-bond donors (Lipinski definition) is 0. The Balaban J connectivity index is 0.000000170. The van der Waals surface area contributed by atoms with E-state index in [0.717, 1.165) is 0 Å². The standard InChI is InChI=1S/C21H25.C13H8I2.C5H5.Zr/c1-20(2,3)16-7-9-18-14(12-16)11-15-13-17(21(4,5)6)8-10-19(15)18;14-12-5-1-10(2-6-12)9-11-3-7-13(15)8-4-11;1-2-4-5-3-1;/h7-13H,1-6H3;1-8H;1-5H;/q-1;;-1;+2. The molecule has 0 radical (unpaired) electrons. The van der Waals surface area contributed by atoms with Gasteiger partial charge in [-0.1, -0.05) is 76.9 Å². The van der Waals surface area contributed by atoms with Gasteiger partial charge in [0.25, 0.3) is 0 Å². The molecule has 0 amide bonds. The van der Waals surface area contributed by atoms with Crippen LogP contribution in [0.25, 0.3) is 21.5 Å². The van der Waals surface area contributed by atoms with Crippen LogP contribution in [-0.4, -0.2) is 3.21 Å². The maximum Gasteiger partial charge on any atom is -0.172 e. The normalized spacial score (nSPS) is 11.5. The van der Waals surface area contributed by atoms with Gasteiger partial charge in [-0.05, 0) is 10.8 Å². The van der Waals surface area contributed by atoms with Crippen molar-refractivity contribution in [3.63, 3.8) is 0 Å². The molecule has 0 aliphatic carbocycles. The molecule has 0 unspecified atom stereocenters. The fourth-order valence-electron chi connectivity index (χ4n) is 4.68. The van der Waals surface area contributed by atoms with Crippen LogP contribution >= 0.6 is 45.2 Å². The van der Waals surface area contributed by atoms with E-state index in [0.29, 0.717) is 0 Å². The summed E-state index contributed by atoms with van der Waals surface area (Å²) < 4.78 is 3.99. The third-order valence-corrected chi connectivity index (χ3v) is 10.1. The van der Waals surface area contributed by atoms with E-state index in [2.05, 4.69) is 178 Å². The molecule has 0 nitrogen and oxygen atoms in total. The Morgan fingerprint density at radius 1 is 0.571 bits per heavy atom. The average molecular weight is 852 g/mol. The molecule has 0 saturated carbocycles. The molecule has 0 atom stereocenters. The minimum Gasteiger partial charge on any atom is -0.214 e. The number of fused-ring (bicyclic) bond motifs is 3. The summed E-state index contributed by atoms with van der Waals surface area (Å²) in [7, 11) is 0. The number of halogens is 2. The molecule has 0 fully saturated rings. The molecular formula is C39H38I2Zr. The van der Waals surface area contributed by atoms with Crippen LogP contribution in [0, 0.1) is 7.14 Å². The topological polar surface area (TPSA) is 0 Å². The molecular weight excluding hydrogens is 813 g/mol. The molecule has 0 aliphatic rings. The van der Waals surface area contributed by atoms with Gasteiger partial charge in [-0.3, -0.25) is 0 Å². The summed E-state index contributed by atoms with van der Waals surface area (Å²) in [5.74, 6) is 0. The van der Waals surface area contributed by atoms with Crippen LogP contribution in [-0.2, 0) is 35.1 Å². The zero-order valence-electron chi connectivity index (χ0n) is 25.3. The van der Waals surface area contributed by atoms with Crippen molar-refractivity contribution in [2.75, 3.05) is 0 Å². The Hall–Kier alpha value is -1.69. The van der Waals surface area contributed by atoms with Gasteiger partial charge in [0.15, 0.2) is 0 Å². The van der Waals surface area contributed by atoms with Gasteiger partial charge >= 0.3 is 139 Å². The Morgan fingerprint density at radius 2 is 0.952 bits per heavy atom. The van der Waals surface area contributed by atoms with E-state index < -0.39 is 0 Å². The van der Waals surface area contributed by atoms with Crippen LogP contribution < -0.4 is 0 Å². The maximum atomic E-state index is 2.35. The van der Waals surface area contributed by atoms with Gasteiger partial charge < -0.3 is 0 Å². The van der Waals surface area contributed by atoms with E-state index in [-0.39, 0.29) is 10.8 Å². The van der Waals surface area contributed by atoms with Gasteiger partial charge in [0, 0.05) is 0 Å². The first-order chi connectivity index (χ1) is 19.8. The van der Waals surface area contributed by atoms with Crippen molar-refractivity contribution in [1.82, 2.24) is 0 Å². The largest absolute Gasteiger partial charge is 0.214 e. The van der Waals surface area contributed by atoms with Crippen molar-refractivity contribution >= 4 is 69.9 Å². The molecule has 0 aliphatic heterocycles. The van der Waals surface area contributed by atoms with Crippen LogP contribution in [0.2, 0.25) is 0 Å². The smallest absolute Gasteiger partial charge is 0.172 e. The first-order valence-corrected chi connectivity index (χ1v) is 17.6. The van der Waals surface area contributed by atoms with Gasteiger partial charge in [-0.15, -0.1) is 39.7 Å². The molecule has 0 aromatic heterocycles. The minimum atomic E-state index is 0.203. The molecule has 0 bridgehead atoms. The summed E-state index contributed by atoms with van der Waals surface area (Å²) in [5.41, 5.74) is 5.88. The predicted octanol–water partition coefficient (Wildman–Crippen LogP) is 11.7. The van der Waals surface area contributed by atoms with Crippen molar-refractivity contribution in [3.05, 3.63) is 151 Å². The Labute approximate surface area is 294 Å². The van der Waals surface area contributed by atoms with Gasteiger partial charge in [-0.25, -0.2) is 12.1 Å². The van der Waals surface area contributed by atoms with Crippen molar-refractivity contribution in [1.29, 1.82) is 0 Å². The molecule has 0 heterocycles. The zero-order valence-corrected chi connectivity index (χ0v) is 32.1. The maximum absolute atomic E-state index is 2.35. The Kier molecular flexibility index (Phi) is 11.4. The van der Waals surface area contributed by atoms with Crippen molar-refractivity contribution in [3.8, 4) is 0 Å². The molecule has 6 aromatic carbocycles. The first-order valence-electron chi connectivity index (χ1n) is 14.2. The second-order valence-corrected chi connectivity index (χ2v) is 16.3. The van der Waals surface area contributed by atoms with Crippen LogP contribution in [0.1, 0.15) is 63.8 Å². The summed E-state index contributed by atoms with van der Waals surface area (Å²) in [4.78, 5) is 0. The van der Waals surface area contributed by atoms with Gasteiger partial charge in [0.1, 0.15) is 0 Å². The summed E-state index contributed by atoms with van der Waals surface area (Å²) in [6.07, 6.45) is 0. The van der Waals surface area contributed by atoms with Crippen LogP contribution in [0.15, 0.2) is 121 Å². The van der Waals surface area contributed by atoms with Gasteiger partial charge in [0.05, 0.1) is 0 Å². The van der Waals surface area contributed by atoms with E-state index >= 15 is 0 Å². The monoisotopic (exact) mass is 850 g/mol. The minimum absolute atomic E-state index is 0.203. The molecule has 0 saturated heterocycles. The van der Waals surface area contributed by atoms with Crippen LogP contribution in [0.5, 0.6) is 0 Å². The SMILES string of the molecule is CC(C)(C)c1ccc2c(c1)[cH-]c1cc(C(C)(C)C)ccc12.[Zr+2]=[C](c1ccc(I)cc1)c1ccc(I)cc1.c1cc[cH-]c1. The molecule has 0 spiro atoms.